The van der Waals surface area contributed by atoms with Crippen LogP contribution >= 0.6 is 0 Å². The first kappa shape index (κ1) is 24.9. The summed E-state index contributed by atoms with van der Waals surface area (Å²) in [6.45, 7) is 4.97. The fourth-order valence-corrected chi connectivity index (χ4v) is 6.36. The van der Waals surface area contributed by atoms with Crippen LogP contribution in [0.25, 0.3) is 10.9 Å². The number of H-pyrrole nitrogens is 1. The topological polar surface area (TPSA) is 118 Å². The van der Waals surface area contributed by atoms with E-state index in [0.29, 0.717) is 30.5 Å². The van der Waals surface area contributed by atoms with Crippen LogP contribution in [0.3, 0.4) is 0 Å². The average molecular weight is 516 g/mol. The monoisotopic (exact) mass is 515 g/mol. The van der Waals surface area contributed by atoms with Crippen LogP contribution < -0.4 is 15.4 Å². The van der Waals surface area contributed by atoms with Crippen LogP contribution in [-0.4, -0.2) is 80.9 Å². The van der Waals surface area contributed by atoms with E-state index in [9.17, 15) is 0 Å². The smallest absolute Gasteiger partial charge is 0.225 e. The molecule has 3 aliphatic rings. The molecule has 38 heavy (non-hydrogen) atoms. The molecule has 3 aliphatic heterocycles. The van der Waals surface area contributed by atoms with Crippen molar-refractivity contribution in [3.05, 3.63) is 30.0 Å². The van der Waals surface area contributed by atoms with Gasteiger partial charge in [-0.05, 0) is 64.6 Å². The van der Waals surface area contributed by atoms with E-state index in [1.807, 2.05) is 31.2 Å². The highest BCUT2D eigenvalue weighted by Gasteiger charge is 2.40. The zero-order chi connectivity index (χ0) is 26.1. The number of fused-ring (bicyclic) bond motifs is 3. The molecule has 5 heterocycles. The highest BCUT2D eigenvalue weighted by molar-refractivity contribution is 5.92. The standard InChI is InChI=1S/C28H37N9O/c1-18-14-26(35-34-18)32-27-24-7-6-23(38-22-8-12-36(2)13-9-22)17-25(24)31-28(33-27)30-19-15-20-4-5-21(16-19)37(20)11-3-10-29/h6-7,14,17,19-22H,3-5,8-9,11-13,15-16H2,1-2H3,(H3,30,31,32,33,34,35)/t19-,20-,21+. The predicted molar refractivity (Wildman–Crippen MR) is 148 cm³/mol. The van der Waals surface area contributed by atoms with Gasteiger partial charge in [-0.3, -0.25) is 10.00 Å². The number of aromatic nitrogens is 4. The van der Waals surface area contributed by atoms with Gasteiger partial charge in [0, 0.05) is 67.4 Å². The molecule has 0 saturated carbocycles. The SMILES string of the molecule is Cc1cc(Nc2nc(N[C@@H]3C[C@H]4CC[C@@H](C3)N4CCC#N)nc3cc(OC4CCN(C)CC4)ccc23)n[nH]1. The lowest BCUT2D eigenvalue weighted by Gasteiger charge is -2.38. The minimum Gasteiger partial charge on any atom is -0.490 e. The Labute approximate surface area is 223 Å². The Balaban J connectivity index is 1.25. The molecule has 0 unspecified atom stereocenters. The molecule has 3 N–H and O–H groups in total. The minimum atomic E-state index is 0.231. The summed E-state index contributed by atoms with van der Waals surface area (Å²) < 4.78 is 6.37. The largest absolute Gasteiger partial charge is 0.490 e. The molecule has 6 rings (SSSR count). The Morgan fingerprint density at radius 2 is 1.89 bits per heavy atom. The molecule has 200 valence electrons. The maximum atomic E-state index is 9.05. The number of aromatic amines is 1. The van der Waals surface area contributed by atoms with Crippen molar-refractivity contribution in [3.63, 3.8) is 0 Å². The Bertz CT molecular complexity index is 1300. The molecule has 2 bridgehead atoms. The molecule has 2 aromatic heterocycles. The number of piperidine rings is 2. The van der Waals surface area contributed by atoms with Crippen LogP contribution in [0.1, 0.15) is 50.6 Å². The van der Waals surface area contributed by atoms with Crippen molar-refractivity contribution >= 4 is 28.5 Å². The van der Waals surface area contributed by atoms with Gasteiger partial charge in [-0.2, -0.15) is 15.3 Å². The van der Waals surface area contributed by atoms with E-state index >= 15 is 0 Å². The van der Waals surface area contributed by atoms with Gasteiger partial charge in [-0.1, -0.05) is 0 Å². The molecule has 10 nitrogen and oxygen atoms in total. The van der Waals surface area contributed by atoms with Crippen molar-refractivity contribution in [2.45, 2.75) is 76.1 Å². The van der Waals surface area contributed by atoms with Gasteiger partial charge < -0.3 is 20.3 Å². The molecule has 3 aromatic rings. The van der Waals surface area contributed by atoms with Crippen molar-refractivity contribution in [3.8, 4) is 11.8 Å². The number of hydrogen-bond acceptors (Lipinski definition) is 9. The molecule has 0 aliphatic carbocycles. The number of nitriles is 1. The first-order valence-corrected chi connectivity index (χ1v) is 13.9. The first-order chi connectivity index (χ1) is 18.5. The van der Waals surface area contributed by atoms with Crippen LogP contribution in [0.4, 0.5) is 17.6 Å². The lowest BCUT2D eigenvalue weighted by molar-refractivity contribution is 0.114. The van der Waals surface area contributed by atoms with Gasteiger partial charge in [-0.15, -0.1) is 0 Å². The van der Waals surface area contributed by atoms with Gasteiger partial charge in [0.15, 0.2) is 5.82 Å². The molecule has 3 atom stereocenters. The fraction of sp³-hybridized carbons (Fsp3) is 0.571. The second kappa shape index (κ2) is 10.8. The lowest BCUT2D eigenvalue weighted by Crippen LogP contribution is -2.47. The zero-order valence-corrected chi connectivity index (χ0v) is 22.3. The van der Waals surface area contributed by atoms with Crippen LogP contribution in [-0.2, 0) is 0 Å². The Morgan fingerprint density at radius 1 is 1.11 bits per heavy atom. The molecule has 0 amide bonds. The third-order valence-electron chi connectivity index (χ3n) is 8.29. The summed E-state index contributed by atoms with van der Waals surface area (Å²) in [7, 11) is 2.16. The summed E-state index contributed by atoms with van der Waals surface area (Å²) in [5.41, 5.74) is 1.83. The maximum absolute atomic E-state index is 9.05. The number of ether oxygens (including phenoxy) is 1. The second-order valence-electron chi connectivity index (χ2n) is 11.1. The normalized spacial score (nSPS) is 24.4. The molecule has 0 spiro atoms. The van der Waals surface area contributed by atoms with Crippen molar-refractivity contribution in [1.82, 2.24) is 30.0 Å². The molecule has 0 radical (unpaired) electrons. The first-order valence-electron chi connectivity index (χ1n) is 13.9. The maximum Gasteiger partial charge on any atom is 0.225 e. The number of likely N-dealkylation sites (tertiary alicyclic amines) is 1. The van der Waals surface area contributed by atoms with Gasteiger partial charge in [0.2, 0.25) is 5.95 Å². The van der Waals surface area contributed by atoms with Crippen LogP contribution in [0, 0.1) is 18.3 Å². The minimum absolute atomic E-state index is 0.231. The van der Waals surface area contributed by atoms with Crippen LogP contribution in [0.5, 0.6) is 5.75 Å². The van der Waals surface area contributed by atoms with E-state index in [2.05, 4.69) is 43.7 Å². The van der Waals surface area contributed by atoms with Gasteiger partial charge in [0.25, 0.3) is 0 Å². The number of aryl methyl sites for hydroxylation is 1. The van der Waals surface area contributed by atoms with Gasteiger partial charge >= 0.3 is 0 Å². The molecular formula is C28H37N9O. The number of benzene rings is 1. The van der Waals surface area contributed by atoms with Crippen LogP contribution in [0.2, 0.25) is 0 Å². The summed E-state index contributed by atoms with van der Waals surface area (Å²) >= 11 is 0. The van der Waals surface area contributed by atoms with E-state index in [1.165, 1.54) is 12.8 Å². The Hall–Kier alpha value is -3.42. The van der Waals surface area contributed by atoms with E-state index in [1.54, 1.807) is 0 Å². The van der Waals surface area contributed by atoms with Crippen molar-refractivity contribution in [2.24, 2.45) is 0 Å². The molecule has 1 aromatic carbocycles. The van der Waals surface area contributed by atoms with Crippen molar-refractivity contribution in [2.75, 3.05) is 37.3 Å². The van der Waals surface area contributed by atoms with E-state index < -0.39 is 0 Å². The van der Waals surface area contributed by atoms with E-state index in [0.717, 1.165) is 79.3 Å². The third kappa shape index (κ3) is 5.40. The molecule has 3 fully saturated rings. The highest BCUT2D eigenvalue weighted by Crippen LogP contribution is 2.37. The number of nitrogens with zero attached hydrogens (tertiary/aromatic N) is 6. The zero-order valence-electron chi connectivity index (χ0n) is 22.3. The summed E-state index contributed by atoms with van der Waals surface area (Å²) in [6, 6.07) is 11.7. The lowest BCUT2D eigenvalue weighted by atomic mass is 9.97. The van der Waals surface area contributed by atoms with E-state index in [-0.39, 0.29) is 6.10 Å². The Morgan fingerprint density at radius 3 is 2.61 bits per heavy atom. The number of rotatable bonds is 8. The number of hydrogen-bond donors (Lipinski definition) is 3. The molecule has 3 saturated heterocycles. The summed E-state index contributed by atoms with van der Waals surface area (Å²) in [5, 5.41) is 24.4. The Kier molecular flexibility index (Phi) is 7.04. The third-order valence-corrected chi connectivity index (χ3v) is 8.29. The van der Waals surface area contributed by atoms with Gasteiger partial charge in [0.1, 0.15) is 17.7 Å². The fourth-order valence-electron chi connectivity index (χ4n) is 6.36. The van der Waals surface area contributed by atoms with Crippen LogP contribution in [0.15, 0.2) is 24.3 Å². The second-order valence-corrected chi connectivity index (χ2v) is 11.1. The molecule has 10 heteroatoms. The highest BCUT2D eigenvalue weighted by atomic mass is 16.5. The summed E-state index contributed by atoms with van der Waals surface area (Å²) in [5.74, 6) is 2.92. The van der Waals surface area contributed by atoms with Crippen molar-refractivity contribution < 1.29 is 4.74 Å². The predicted octanol–water partition coefficient (Wildman–Crippen LogP) is 4.20. The summed E-state index contributed by atoms with van der Waals surface area (Å²) in [6.07, 6.45) is 7.40. The van der Waals surface area contributed by atoms with Gasteiger partial charge in [0.05, 0.1) is 11.6 Å². The number of nitrogens with one attached hydrogen (secondary N) is 3. The van der Waals surface area contributed by atoms with Crippen molar-refractivity contribution in [1.29, 1.82) is 5.26 Å². The van der Waals surface area contributed by atoms with E-state index in [4.69, 9.17) is 20.0 Å². The average Bonchev–Trinajstić information content (AvgIpc) is 3.42. The molecular weight excluding hydrogens is 478 g/mol. The van der Waals surface area contributed by atoms with Gasteiger partial charge in [-0.25, -0.2) is 4.98 Å². The summed E-state index contributed by atoms with van der Waals surface area (Å²) in [4.78, 5) is 14.7. The quantitative estimate of drug-likeness (QED) is 0.406. The number of anilines is 3.